The van der Waals surface area contributed by atoms with Gasteiger partial charge < -0.3 is 15.7 Å². The third-order valence-corrected chi connectivity index (χ3v) is 3.64. The van der Waals surface area contributed by atoms with Gasteiger partial charge in [0.15, 0.2) is 0 Å². The fourth-order valence-electron chi connectivity index (χ4n) is 2.08. The number of halogens is 1. The van der Waals surface area contributed by atoms with Crippen molar-refractivity contribution in [3.63, 3.8) is 0 Å². The van der Waals surface area contributed by atoms with E-state index in [0.717, 1.165) is 0 Å². The van der Waals surface area contributed by atoms with Gasteiger partial charge in [-0.05, 0) is 30.3 Å². The highest BCUT2D eigenvalue weighted by molar-refractivity contribution is 9.10. The number of amides is 2. The molecule has 0 bridgehead atoms. The highest BCUT2D eigenvalue weighted by Gasteiger charge is 2.22. The van der Waals surface area contributed by atoms with E-state index >= 15 is 0 Å². The molecule has 0 saturated carbocycles. The molecule has 2 amide bonds. The average molecular weight is 405 g/mol. The molecular weight excluding hydrogens is 392 g/mol. The van der Waals surface area contributed by atoms with Crippen molar-refractivity contribution in [1.82, 2.24) is 0 Å². The zero-order valence-electron chi connectivity index (χ0n) is 13.0. The second kappa shape index (κ2) is 7.71. The molecule has 0 radical (unpaired) electrons. The maximum atomic E-state index is 12.5. The van der Waals surface area contributed by atoms with Crippen molar-refractivity contribution in [3.05, 3.63) is 58.1 Å². The molecule has 0 spiro atoms. The lowest BCUT2D eigenvalue weighted by molar-refractivity contribution is -0.114. The number of hydrogen-bond acceptors (Lipinski definition) is 4. The number of benzene rings is 2. The standard InChI is InChI=1S/C17H13BrN2O5/c1-9(21)19-14-7-6-10(18)8-12(14)15(22)16(23)20-13-5-3-2-4-11(13)17(24)25/h2-8H,1H3,(H,19,21)(H,20,23)(H,24,25). The van der Waals surface area contributed by atoms with E-state index in [2.05, 4.69) is 26.6 Å². The smallest absolute Gasteiger partial charge is 0.337 e. The summed E-state index contributed by atoms with van der Waals surface area (Å²) in [4.78, 5) is 47.1. The first-order valence-corrected chi connectivity index (χ1v) is 7.84. The van der Waals surface area contributed by atoms with Crippen LogP contribution < -0.4 is 10.6 Å². The molecule has 2 aromatic carbocycles. The Morgan fingerprint density at radius 1 is 0.920 bits per heavy atom. The minimum absolute atomic E-state index is 0.00410. The Labute approximate surface area is 151 Å². The van der Waals surface area contributed by atoms with Crippen LogP contribution in [0.25, 0.3) is 0 Å². The number of carboxylic acid groups (broad SMARTS) is 1. The molecule has 3 N–H and O–H groups in total. The van der Waals surface area contributed by atoms with E-state index in [4.69, 9.17) is 5.11 Å². The molecule has 0 atom stereocenters. The van der Waals surface area contributed by atoms with Crippen LogP contribution in [0.5, 0.6) is 0 Å². The topological polar surface area (TPSA) is 113 Å². The number of aromatic carboxylic acids is 1. The predicted molar refractivity (Wildman–Crippen MR) is 94.8 cm³/mol. The number of carbonyl (C=O) groups excluding carboxylic acids is 3. The SMILES string of the molecule is CC(=O)Nc1ccc(Br)cc1C(=O)C(=O)Nc1ccccc1C(=O)O. The van der Waals surface area contributed by atoms with E-state index in [1.165, 1.54) is 43.3 Å². The minimum Gasteiger partial charge on any atom is -0.478 e. The highest BCUT2D eigenvalue weighted by Crippen LogP contribution is 2.23. The predicted octanol–water partition coefficient (Wildman–Crippen LogP) is 2.93. The van der Waals surface area contributed by atoms with Crippen LogP contribution in [0.1, 0.15) is 27.6 Å². The molecule has 7 nitrogen and oxygen atoms in total. The summed E-state index contributed by atoms with van der Waals surface area (Å²) >= 11 is 3.20. The second-order valence-corrected chi connectivity index (χ2v) is 5.92. The molecule has 0 aliphatic carbocycles. The number of ketones is 1. The van der Waals surface area contributed by atoms with E-state index < -0.39 is 23.6 Å². The van der Waals surface area contributed by atoms with E-state index in [9.17, 15) is 19.2 Å². The molecule has 0 aromatic heterocycles. The fraction of sp³-hybridized carbons (Fsp3) is 0.0588. The largest absolute Gasteiger partial charge is 0.478 e. The number of carboxylic acids is 1. The van der Waals surface area contributed by atoms with Crippen LogP contribution >= 0.6 is 15.9 Å². The maximum absolute atomic E-state index is 12.5. The van der Waals surface area contributed by atoms with Gasteiger partial charge in [-0.1, -0.05) is 28.1 Å². The summed E-state index contributed by atoms with van der Waals surface area (Å²) in [6.45, 7) is 1.28. The number of nitrogens with one attached hydrogen (secondary N) is 2. The molecular formula is C17H13BrN2O5. The molecule has 0 saturated heterocycles. The van der Waals surface area contributed by atoms with Crippen molar-refractivity contribution >= 4 is 50.9 Å². The number of carbonyl (C=O) groups is 4. The molecule has 2 aromatic rings. The van der Waals surface area contributed by atoms with Crippen LogP contribution in [-0.4, -0.2) is 28.7 Å². The van der Waals surface area contributed by atoms with Gasteiger partial charge in [0, 0.05) is 11.4 Å². The summed E-state index contributed by atoms with van der Waals surface area (Å²) in [5.74, 6) is -3.55. The van der Waals surface area contributed by atoms with Crippen LogP contribution in [0.15, 0.2) is 46.9 Å². The zero-order chi connectivity index (χ0) is 18.6. The van der Waals surface area contributed by atoms with Gasteiger partial charge in [0.25, 0.3) is 11.7 Å². The Bertz CT molecular complexity index is 879. The quantitative estimate of drug-likeness (QED) is 0.523. The normalized spacial score (nSPS) is 10.0. The summed E-state index contributed by atoms with van der Waals surface area (Å²) in [5, 5.41) is 13.9. The monoisotopic (exact) mass is 404 g/mol. The van der Waals surface area contributed by atoms with Crippen LogP contribution in [0.3, 0.4) is 0 Å². The zero-order valence-corrected chi connectivity index (χ0v) is 14.6. The van der Waals surface area contributed by atoms with Crippen LogP contribution in [0.4, 0.5) is 11.4 Å². The Morgan fingerprint density at radius 2 is 1.56 bits per heavy atom. The number of hydrogen-bond donors (Lipinski definition) is 3. The number of para-hydroxylation sites is 1. The number of Topliss-reactive ketones (excluding diaryl/α,β-unsaturated/α-hetero) is 1. The molecule has 25 heavy (non-hydrogen) atoms. The Morgan fingerprint density at radius 3 is 2.20 bits per heavy atom. The van der Waals surface area contributed by atoms with Gasteiger partial charge in [-0.25, -0.2) is 4.79 Å². The fourth-order valence-corrected chi connectivity index (χ4v) is 2.44. The first-order chi connectivity index (χ1) is 11.8. The lowest BCUT2D eigenvalue weighted by Gasteiger charge is -2.11. The molecule has 8 heteroatoms. The van der Waals surface area contributed by atoms with Gasteiger partial charge in [-0.15, -0.1) is 0 Å². The van der Waals surface area contributed by atoms with Crippen molar-refractivity contribution in [1.29, 1.82) is 0 Å². The van der Waals surface area contributed by atoms with Crippen molar-refractivity contribution in [2.75, 3.05) is 10.6 Å². The van der Waals surface area contributed by atoms with E-state index in [1.54, 1.807) is 6.07 Å². The summed E-state index contributed by atoms with van der Waals surface area (Å²) in [6.07, 6.45) is 0. The number of rotatable bonds is 5. The van der Waals surface area contributed by atoms with E-state index in [1.807, 2.05) is 0 Å². The molecule has 0 aliphatic heterocycles. The summed E-state index contributed by atoms with van der Waals surface area (Å²) < 4.78 is 0.545. The third-order valence-electron chi connectivity index (χ3n) is 3.15. The summed E-state index contributed by atoms with van der Waals surface area (Å²) in [5.41, 5.74) is 0.0293. The Balaban J connectivity index is 2.32. The van der Waals surface area contributed by atoms with Gasteiger partial charge >= 0.3 is 5.97 Å². The summed E-state index contributed by atoms with van der Waals surface area (Å²) in [7, 11) is 0. The molecule has 2 rings (SSSR count). The molecule has 0 aliphatic rings. The first-order valence-electron chi connectivity index (χ1n) is 7.04. The van der Waals surface area contributed by atoms with E-state index in [-0.39, 0.29) is 22.5 Å². The van der Waals surface area contributed by atoms with Crippen molar-refractivity contribution in [2.24, 2.45) is 0 Å². The van der Waals surface area contributed by atoms with Crippen molar-refractivity contribution < 1.29 is 24.3 Å². The molecule has 0 unspecified atom stereocenters. The highest BCUT2D eigenvalue weighted by atomic mass is 79.9. The first kappa shape index (κ1) is 18.3. The Kier molecular flexibility index (Phi) is 5.66. The van der Waals surface area contributed by atoms with Crippen molar-refractivity contribution in [2.45, 2.75) is 6.92 Å². The summed E-state index contributed by atoms with van der Waals surface area (Å²) in [6, 6.07) is 10.2. The lowest BCUT2D eigenvalue weighted by atomic mass is 10.1. The Hall–Kier alpha value is -3.00. The minimum atomic E-state index is -1.23. The van der Waals surface area contributed by atoms with Gasteiger partial charge in [0.2, 0.25) is 5.91 Å². The molecule has 0 fully saturated rings. The average Bonchev–Trinajstić information content (AvgIpc) is 2.55. The van der Waals surface area contributed by atoms with Crippen molar-refractivity contribution in [3.8, 4) is 0 Å². The van der Waals surface area contributed by atoms with Gasteiger partial charge in [0.05, 0.1) is 22.5 Å². The number of anilines is 2. The lowest BCUT2D eigenvalue weighted by Crippen LogP contribution is -2.25. The van der Waals surface area contributed by atoms with Crippen LogP contribution in [0, 0.1) is 0 Å². The van der Waals surface area contributed by atoms with E-state index in [0.29, 0.717) is 4.47 Å². The van der Waals surface area contributed by atoms with Crippen LogP contribution in [0.2, 0.25) is 0 Å². The second-order valence-electron chi connectivity index (χ2n) is 5.01. The molecule has 0 heterocycles. The van der Waals surface area contributed by atoms with Gasteiger partial charge in [0.1, 0.15) is 0 Å². The van der Waals surface area contributed by atoms with Gasteiger partial charge in [-0.2, -0.15) is 0 Å². The van der Waals surface area contributed by atoms with Gasteiger partial charge in [-0.3, -0.25) is 14.4 Å². The molecule has 128 valence electrons. The van der Waals surface area contributed by atoms with Crippen LogP contribution in [-0.2, 0) is 9.59 Å². The maximum Gasteiger partial charge on any atom is 0.337 e. The third kappa shape index (κ3) is 4.51.